The van der Waals surface area contributed by atoms with Crippen molar-refractivity contribution < 1.29 is 0 Å². The lowest BCUT2D eigenvalue weighted by Gasteiger charge is -2.79. The Morgan fingerprint density at radius 1 is 0.200 bits per heavy atom. The van der Waals surface area contributed by atoms with Crippen molar-refractivity contribution in [3.05, 3.63) is 0 Å². The molecule has 0 unspecified atom stereocenters. The van der Waals surface area contributed by atoms with E-state index in [1.165, 1.54) is 0 Å². The summed E-state index contributed by atoms with van der Waals surface area (Å²) in [5, 5.41) is -0.869. The van der Waals surface area contributed by atoms with Crippen molar-refractivity contribution in [3.8, 4) is 0 Å². The average molecular weight is 1050 g/mol. The minimum Gasteiger partial charge on any atom is -0.176 e. The Bertz CT molecular complexity index is 1130. The molecule has 0 aliphatic carbocycles. The molecule has 360 valence electrons. The van der Waals surface area contributed by atoms with Gasteiger partial charge in [0.15, 0.2) is 14.3 Å². The van der Waals surface area contributed by atoms with Crippen LogP contribution < -0.4 is 0 Å². The molecule has 0 spiro atoms. The molecule has 0 rings (SSSR count). The Kier molecular flexibility index (Phi) is 17.6. The average Bonchev–Trinajstić information content (AvgIpc) is 2.77. The predicted molar refractivity (Wildman–Crippen MR) is 306 cm³/mol. The number of halogens is 4. The second kappa shape index (κ2) is 16.8. The molecule has 0 fully saturated rings. The molecule has 2 radical (unpaired) electrons. The zero-order chi connectivity index (χ0) is 50.2. The highest BCUT2D eigenvalue weighted by Gasteiger charge is 2.90. The minimum absolute atomic E-state index is 0.0724. The maximum Gasteiger partial charge on any atom is 0.172 e. The first-order valence-electron chi connectivity index (χ1n) is 23.5. The molecule has 0 aromatic carbocycles. The van der Waals surface area contributed by atoms with E-state index in [4.69, 9.17) is 0 Å². The lowest BCUT2D eigenvalue weighted by atomic mass is 10.2. The first kappa shape index (κ1) is 62.9. The summed E-state index contributed by atoms with van der Waals surface area (Å²) in [6, 6.07) is 0. The summed E-state index contributed by atoms with van der Waals surface area (Å²) in [5.41, 5.74) is 0. The molecule has 0 amide bonds. The summed E-state index contributed by atoms with van der Waals surface area (Å²) in [7, 11) is -15.9. The van der Waals surface area contributed by atoms with E-state index in [-0.39, 0.29) is 60.5 Å². The molecule has 0 atom stereocenters. The maximum atomic E-state index is 10.1. The standard InChI is InChI=1S/C48H108Cl4Si8/c1-37(2,3)55(38(4,5)6,39(7,8)9)59(51,56(40(10,11)12,41(13,14)15)42(16,17)18)53(49)54(50)60(52,57(43(19,20)21,44(22,23)24)45(25,26)27)58(46(28,29)30,47(31,32)33)48(34,35)36/h1-36H3. The van der Waals surface area contributed by atoms with Crippen molar-refractivity contribution in [2.45, 2.75) is 310 Å². The zero-order valence-electron chi connectivity index (χ0n) is 47.5. The van der Waals surface area contributed by atoms with Crippen LogP contribution in [-0.4, -0.2) is 56.5 Å². The largest absolute Gasteiger partial charge is 0.176 e. The molecule has 12 heteroatoms. The molecule has 0 saturated carbocycles. The summed E-state index contributed by atoms with van der Waals surface area (Å²) in [6.07, 6.45) is 0. The van der Waals surface area contributed by atoms with Gasteiger partial charge in [-0.25, -0.2) is 0 Å². The Morgan fingerprint density at radius 2 is 0.267 bits per heavy atom. The van der Waals surface area contributed by atoms with E-state index in [9.17, 15) is 44.3 Å². The summed E-state index contributed by atoms with van der Waals surface area (Å²) in [4.78, 5) is 0. The van der Waals surface area contributed by atoms with Crippen LogP contribution in [0.25, 0.3) is 0 Å². The molecule has 0 aliphatic rings. The fraction of sp³-hybridized carbons (Fsp3) is 1.00. The van der Waals surface area contributed by atoms with E-state index in [2.05, 4.69) is 249 Å². The maximum absolute atomic E-state index is 10.1. The first-order chi connectivity index (χ1) is 25.1. The van der Waals surface area contributed by atoms with Gasteiger partial charge in [-0.15, -0.1) is 0 Å². The highest BCUT2D eigenvalue weighted by Crippen LogP contribution is 2.80. The van der Waals surface area contributed by atoms with Crippen LogP contribution in [0.15, 0.2) is 0 Å². The van der Waals surface area contributed by atoms with Crippen molar-refractivity contribution in [2.75, 3.05) is 0 Å². The van der Waals surface area contributed by atoms with Crippen LogP contribution in [0.3, 0.4) is 0 Å². The van der Waals surface area contributed by atoms with Crippen molar-refractivity contribution in [3.63, 3.8) is 0 Å². The van der Waals surface area contributed by atoms with Gasteiger partial charge in [0.1, 0.15) is 11.9 Å². The van der Waals surface area contributed by atoms with Crippen LogP contribution in [0.5, 0.6) is 0 Å². The van der Waals surface area contributed by atoms with Gasteiger partial charge >= 0.3 is 0 Å². The van der Waals surface area contributed by atoms with E-state index in [0.717, 1.165) is 0 Å². The molecule has 0 heterocycles. The highest BCUT2D eigenvalue weighted by atomic mass is 35.6. The number of hydrogen-bond acceptors (Lipinski definition) is 0. The van der Waals surface area contributed by atoms with E-state index in [0.29, 0.717) is 0 Å². The second-order valence-electron chi connectivity index (χ2n) is 31.9. The molecule has 0 N–H and O–H groups in total. The predicted octanol–water partition coefficient (Wildman–Crippen LogP) is 20.8. The van der Waals surface area contributed by atoms with Crippen molar-refractivity contribution >= 4 is 101 Å². The number of rotatable bonds is 7. The lowest BCUT2D eigenvalue weighted by Crippen LogP contribution is -2.98. The second-order valence-corrected chi connectivity index (χ2v) is 116. The molecular weight excluding hydrogens is 943 g/mol. The van der Waals surface area contributed by atoms with Crippen LogP contribution in [0, 0.1) is 0 Å². The smallest absolute Gasteiger partial charge is 0.172 e. The molecule has 0 aromatic heterocycles. The summed E-state index contributed by atoms with van der Waals surface area (Å²) < 4.78 is 0. The minimum atomic E-state index is -3.38. The van der Waals surface area contributed by atoms with Crippen LogP contribution in [0.4, 0.5) is 0 Å². The van der Waals surface area contributed by atoms with E-state index >= 15 is 0 Å². The summed E-state index contributed by atoms with van der Waals surface area (Å²) in [6.45, 7) is 93.6. The monoisotopic (exact) mass is 1050 g/mol. The van der Waals surface area contributed by atoms with Gasteiger partial charge in [-0.1, -0.05) is 249 Å². The number of hydrogen-bond donors (Lipinski definition) is 0. The van der Waals surface area contributed by atoms with Gasteiger partial charge in [0, 0.05) is 0 Å². The molecule has 0 bridgehead atoms. The topological polar surface area (TPSA) is 0 Å². The Hall–Kier alpha value is 2.90. The molecule has 0 aromatic rings. The van der Waals surface area contributed by atoms with Crippen LogP contribution in [0.1, 0.15) is 249 Å². The van der Waals surface area contributed by atoms with E-state index in [1.807, 2.05) is 0 Å². The van der Waals surface area contributed by atoms with Crippen LogP contribution in [-0.2, 0) is 0 Å². The van der Waals surface area contributed by atoms with E-state index < -0.39 is 56.5 Å². The lowest BCUT2D eigenvalue weighted by molar-refractivity contribution is 0.541. The SMILES string of the molecule is CC(C)(C)[Si](C(C)(C)C)(C(C)(C)C)[Si](Cl)([Si](Cl)[Si](Cl)[Si](Cl)([Si](C(C)(C)C)(C(C)(C)C)C(C)(C)C)[Si](C(C)(C)C)(C(C)(C)C)C(C)(C)C)[Si](C(C)(C)C)(C(C)(C)C)C(C)(C)C. The molecule has 60 heavy (non-hydrogen) atoms. The van der Waals surface area contributed by atoms with Gasteiger partial charge < -0.3 is 0 Å². The highest BCUT2D eigenvalue weighted by molar-refractivity contribution is 8.23. The van der Waals surface area contributed by atoms with Gasteiger partial charge in [-0.3, -0.25) is 0 Å². The Balaban J connectivity index is 11.3. The van der Waals surface area contributed by atoms with Gasteiger partial charge in [-0.05, 0) is 60.5 Å². The first-order valence-corrected chi connectivity index (χ1v) is 49.6. The fourth-order valence-corrected chi connectivity index (χ4v) is 350. The zero-order valence-corrected chi connectivity index (χ0v) is 58.5. The van der Waals surface area contributed by atoms with Gasteiger partial charge in [0.2, 0.25) is 0 Å². The third-order valence-corrected chi connectivity index (χ3v) is 188. The molecule has 0 saturated heterocycles. The van der Waals surface area contributed by atoms with Gasteiger partial charge in [0.05, 0.1) is 30.4 Å². The van der Waals surface area contributed by atoms with Crippen molar-refractivity contribution in [2.24, 2.45) is 0 Å². The molecule has 0 aliphatic heterocycles. The van der Waals surface area contributed by atoms with Crippen molar-refractivity contribution in [1.29, 1.82) is 0 Å². The summed E-state index contributed by atoms with van der Waals surface area (Å²) >= 11 is 39.4. The van der Waals surface area contributed by atoms with Crippen molar-refractivity contribution in [1.82, 2.24) is 0 Å². The Labute approximate surface area is 407 Å². The molecular formula is C48H108Cl4Si8. The fourth-order valence-electron chi connectivity index (χ4n) is 21.2. The van der Waals surface area contributed by atoms with Gasteiger partial charge in [-0.2, -0.15) is 44.3 Å². The van der Waals surface area contributed by atoms with Crippen LogP contribution >= 0.6 is 44.3 Å². The Morgan fingerprint density at radius 3 is 0.317 bits per heavy atom. The third kappa shape index (κ3) is 8.23. The van der Waals surface area contributed by atoms with E-state index in [1.54, 1.807) is 0 Å². The van der Waals surface area contributed by atoms with Gasteiger partial charge in [0.25, 0.3) is 0 Å². The quantitative estimate of drug-likeness (QED) is 0.176. The van der Waals surface area contributed by atoms with Crippen LogP contribution in [0.2, 0.25) is 60.5 Å². The normalized spacial score (nSPS) is 17.3. The summed E-state index contributed by atoms with van der Waals surface area (Å²) in [5.74, 6) is -6.77. The third-order valence-electron chi connectivity index (χ3n) is 16.4. The molecule has 0 nitrogen and oxygen atoms in total.